The summed E-state index contributed by atoms with van der Waals surface area (Å²) in [6, 6.07) is 0. The summed E-state index contributed by atoms with van der Waals surface area (Å²) in [5, 5.41) is 3.77. The van der Waals surface area contributed by atoms with Gasteiger partial charge in [0.1, 0.15) is 0 Å². The lowest BCUT2D eigenvalue weighted by atomic mass is 10.4. The fraction of sp³-hybridized carbons (Fsp3) is 0. The van der Waals surface area contributed by atoms with Gasteiger partial charge < -0.3 is 0 Å². The third-order valence-electron chi connectivity index (χ3n) is 0.945. The van der Waals surface area contributed by atoms with Crippen LogP contribution in [0.5, 0.6) is 0 Å². The molecule has 1 heterocycles. The van der Waals surface area contributed by atoms with Gasteiger partial charge in [0.05, 0.1) is 11.8 Å². The van der Waals surface area contributed by atoms with Crippen molar-refractivity contribution in [1.82, 2.24) is 9.78 Å². The highest BCUT2D eigenvalue weighted by atomic mass is 16.1. The molecule has 0 atom stereocenters. The summed E-state index contributed by atoms with van der Waals surface area (Å²) in [6.45, 7) is 3.46. The highest BCUT2D eigenvalue weighted by Crippen LogP contribution is 1.91. The van der Waals surface area contributed by atoms with Gasteiger partial charge in [-0.05, 0) is 0 Å². The maximum Gasteiger partial charge on any atom is 0.153 e. The van der Waals surface area contributed by atoms with E-state index >= 15 is 0 Å². The van der Waals surface area contributed by atoms with E-state index in [1.807, 2.05) is 0 Å². The molecule has 0 aliphatic carbocycles. The minimum atomic E-state index is 0.565. The van der Waals surface area contributed by atoms with E-state index in [9.17, 15) is 4.79 Å². The van der Waals surface area contributed by atoms with Crippen LogP contribution < -0.4 is 0 Å². The maximum absolute atomic E-state index is 10.0. The van der Waals surface area contributed by atoms with E-state index in [1.54, 1.807) is 6.20 Å². The summed E-state index contributed by atoms with van der Waals surface area (Å²) in [6.07, 6.45) is 5.34. The largest absolute Gasteiger partial charge is 0.298 e. The number of carbonyl (C=O) groups excluding carboxylic acids is 1. The van der Waals surface area contributed by atoms with Crippen LogP contribution in [-0.2, 0) is 0 Å². The number of hydrogen-bond donors (Lipinski definition) is 0. The number of carbonyl (C=O) groups is 1. The Morgan fingerprint density at radius 1 is 1.78 bits per heavy atom. The van der Waals surface area contributed by atoms with E-state index in [-0.39, 0.29) is 0 Å². The van der Waals surface area contributed by atoms with Gasteiger partial charge in [0, 0.05) is 12.4 Å². The molecule has 1 rings (SSSR count). The Kier molecular flexibility index (Phi) is 1.44. The van der Waals surface area contributed by atoms with Gasteiger partial charge in [-0.2, -0.15) is 5.10 Å². The van der Waals surface area contributed by atoms with E-state index in [2.05, 4.69) is 11.7 Å². The van der Waals surface area contributed by atoms with Crippen molar-refractivity contribution in [2.45, 2.75) is 0 Å². The number of hydrogen-bond acceptors (Lipinski definition) is 2. The molecule has 9 heavy (non-hydrogen) atoms. The first kappa shape index (κ1) is 5.75. The number of aldehydes is 1. The van der Waals surface area contributed by atoms with Crippen LogP contribution in [0.25, 0.3) is 6.20 Å². The minimum absolute atomic E-state index is 0.565. The Morgan fingerprint density at radius 3 is 2.89 bits per heavy atom. The Labute approximate surface area is 52.6 Å². The molecule has 0 aliphatic heterocycles. The molecule has 3 heteroatoms. The first-order valence-electron chi connectivity index (χ1n) is 2.48. The summed E-state index contributed by atoms with van der Waals surface area (Å²) in [5.41, 5.74) is 0.565. The van der Waals surface area contributed by atoms with Gasteiger partial charge in [0.15, 0.2) is 6.29 Å². The van der Waals surface area contributed by atoms with Crippen LogP contribution in [0, 0.1) is 0 Å². The van der Waals surface area contributed by atoms with Gasteiger partial charge in [-0.1, -0.05) is 6.58 Å². The molecule has 0 N–H and O–H groups in total. The zero-order valence-electron chi connectivity index (χ0n) is 4.82. The first-order chi connectivity index (χ1) is 4.36. The molecule has 0 fully saturated rings. The molecule has 0 radical (unpaired) electrons. The molecule has 0 unspecified atom stereocenters. The third kappa shape index (κ3) is 1.05. The third-order valence-corrected chi connectivity index (χ3v) is 0.945. The second kappa shape index (κ2) is 2.26. The molecule has 1 aromatic rings. The SMILES string of the molecule is C=Cn1cc(C=O)cn1. The number of rotatable bonds is 2. The Balaban J connectivity index is 2.98. The van der Waals surface area contributed by atoms with Crippen molar-refractivity contribution in [1.29, 1.82) is 0 Å². The van der Waals surface area contributed by atoms with Crippen LogP contribution >= 0.6 is 0 Å². The van der Waals surface area contributed by atoms with Crippen molar-refractivity contribution in [3.63, 3.8) is 0 Å². The molecular weight excluding hydrogens is 116 g/mol. The second-order valence-electron chi connectivity index (χ2n) is 1.55. The fourth-order valence-corrected chi connectivity index (χ4v) is 0.513. The molecule has 0 saturated heterocycles. The average molecular weight is 122 g/mol. The summed E-state index contributed by atoms with van der Waals surface area (Å²) in [5.74, 6) is 0. The summed E-state index contributed by atoms with van der Waals surface area (Å²) >= 11 is 0. The van der Waals surface area contributed by atoms with Gasteiger partial charge in [0.25, 0.3) is 0 Å². The number of aromatic nitrogens is 2. The molecule has 46 valence electrons. The van der Waals surface area contributed by atoms with Crippen LogP contribution in [-0.4, -0.2) is 16.1 Å². The highest BCUT2D eigenvalue weighted by Gasteiger charge is 1.89. The van der Waals surface area contributed by atoms with E-state index in [0.29, 0.717) is 5.56 Å². The van der Waals surface area contributed by atoms with Gasteiger partial charge in [-0.15, -0.1) is 0 Å². The van der Waals surface area contributed by atoms with Crippen LogP contribution in [0.2, 0.25) is 0 Å². The van der Waals surface area contributed by atoms with Crippen molar-refractivity contribution in [2.24, 2.45) is 0 Å². The van der Waals surface area contributed by atoms with Gasteiger partial charge in [0.2, 0.25) is 0 Å². The maximum atomic E-state index is 10.0. The fourth-order valence-electron chi connectivity index (χ4n) is 0.513. The Morgan fingerprint density at radius 2 is 2.56 bits per heavy atom. The standard InChI is InChI=1S/C6H6N2O/c1-2-8-4-6(5-9)3-7-8/h2-5H,1H2. The monoisotopic (exact) mass is 122 g/mol. The lowest BCUT2D eigenvalue weighted by molar-refractivity contribution is 0.112. The normalized spacial score (nSPS) is 8.89. The van der Waals surface area contributed by atoms with E-state index in [4.69, 9.17) is 0 Å². The molecule has 0 aromatic carbocycles. The van der Waals surface area contributed by atoms with Crippen molar-refractivity contribution >= 4 is 12.5 Å². The van der Waals surface area contributed by atoms with Gasteiger partial charge in [-0.25, -0.2) is 4.68 Å². The molecule has 0 aliphatic rings. The molecule has 0 bridgehead atoms. The lowest BCUT2D eigenvalue weighted by Crippen LogP contribution is -1.81. The zero-order valence-corrected chi connectivity index (χ0v) is 4.82. The molecule has 0 spiro atoms. The van der Waals surface area contributed by atoms with Crippen LogP contribution in [0.15, 0.2) is 19.0 Å². The zero-order chi connectivity index (χ0) is 6.69. The minimum Gasteiger partial charge on any atom is -0.298 e. The Bertz CT molecular complexity index is 204. The molecule has 0 saturated carbocycles. The molecule has 1 aromatic heterocycles. The lowest BCUT2D eigenvalue weighted by Gasteiger charge is -1.81. The molecule has 0 amide bonds. The second-order valence-corrected chi connectivity index (χ2v) is 1.55. The van der Waals surface area contributed by atoms with Crippen molar-refractivity contribution in [3.8, 4) is 0 Å². The topological polar surface area (TPSA) is 34.9 Å². The van der Waals surface area contributed by atoms with Crippen LogP contribution in [0.3, 0.4) is 0 Å². The smallest absolute Gasteiger partial charge is 0.153 e. The van der Waals surface area contributed by atoms with Crippen LogP contribution in [0.4, 0.5) is 0 Å². The summed E-state index contributed by atoms with van der Waals surface area (Å²) in [7, 11) is 0. The Hall–Kier alpha value is -1.38. The summed E-state index contributed by atoms with van der Waals surface area (Å²) < 4.78 is 1.48. The quantitative estimate of drug-likeness (QED) is 0.544. The van der Waals surface area contributed by atoms with Crippen molar-refractivity contribution < 1.29 is 4.79 Å². The predicted octanol–water partition coefficient (Wildman–Crippen LogP) is 0.796. The van der Waals surface area contributed by atoms with Gasteiger partial charge >= 0.3 is 0 Å². The van der Waals surface area contributed by atoms with Crippen molar-refractivity contribution in [2.75, 3.05) is 0 Å². The van der Waals surface area contributed by atoms with E-state index < -0.39 is 0 Å². The first-order valence-corrected chi connectivity index (χ1v) is 2.48. The van der Waals surface area contributed by atoms with Crippen LogP contribution in [0.1, 0.15) is 10.4 Å². The predicted molar refractivity (Wildman–Crippen MR) is 34.0 cm³/mol. The molecular formula is C6H6N2O. The average Bonchev–Trinajstić information content (AvgIpc) is 2.34. The molecule has 3 nitrogen and oxygen atoms in total. The highest BCUT2D eigenvalue weighted by molar-refractivity contribution is 5.73. The van der Waals surface area contributed by atoms with Gasteiger partial charge in [-0.3, -0.25) is 4.79 Å². The summed E-state index contributed by atoms with van der Waals surface area (Å²) in [4.78, 5) is 10.0. The number of nitrogens with zero attached hydrogens (tertiary/aromatic N) is 2. The van der Waals surface area contributed by atoms with Crippen molar-refractivity contribution in [3.05, 3.63) is 24.5 Å². The van der Waals surface area contributed by atoms with E-state index in [0.717, 1.165) is 6.29 Å². The van der Waals surface area contributed by atoms with E-state index in [1.165, 1.54) is 17.1 Å².